The summed E-state index contributed by atoms with van der Waals surface area (Å²) in [6.07, 6.45) is 1.94. The lowest BCUT2D eigenvalue weighted by Gasteiger charge is -2.07. The SMILES string of the molecule is CC(C)COC(=O)CCCCCC(=O)Oc1cc(F)ccc1[N+](=O)[O-]. The van der Waals surface area contributed by atoms with Crippen molar-refractivity contribution in [2.75, 3.05) is 6.61 Å². The van der Waals surface area contributed by atoms with E-state index >= 15 is 0 Å². The Kier molecular flexibility index (Phi) is 8.52. The molecule has 0 radical (unpaired) electrons. The molecule has 0 amide bonds. The average Bonchev–Trinajstić information content (AvgIpc) is 2.52. The summed E-state index contributed by atoms with van der Waals surface area (Å²) in [6.45, 7) is 4.28. The van der Waals surface area contributed by atoms with Crippen LogP contribution in [-0.4, -0.2) is 23.5 Å². The van der Waals surface area contributed by atoms with Crippen LogP contribution in [0.25, 0.3) is 0 Å². The Hall–Kier alpha value is -2.51. The van der Waals surface area contributed by atoms with Gasteiger partial charge in [0.25, 0.3) is 0 Å². The highest BCUT2D eigenvalue weighted by atomic mass is 19.1. The molecule has 0 atom stereocenters. The molecule has 0 N–H and O–H groups in total. The highest BCUT2D eigenvalue weighted by Crippen LogP contribution is 2.27. The number of unbranched alkanes of at least 4 members (excludes halogenated alkanes) is 2. The molecule has 0 aliphatic rings. The monoisotopic (exact) mass is 355 g/mol. The Morgan fingerprint density at radius 2 is 1.80 bits per heavy atom. The number of benzene rings is 1. The fourth-order valence-corrected chi connectivity index (χ4v) is 1.94. The van der Waals surface area contributed by atoms with Gasteiger partial charge in [0.2, 0.25) is 5.75 Å². The molecule has 1 aromatic carbocycles. The summed E-state index contributed by atoms with van der Waals surface area (Å²) in [5.74, 6) is -1.81. The van der Waals surface area contributed by atoms with Crippen molar-refractivity contribution in [3.05, 3.63) is 34.1 Å². The molecule has 138 valence electrons. The molecule has 0 aliphatic carbocycles. The maximum Gasteiger partial charge on any atom is 0.311 e. The zero-order chi connectivity index (χ0) is 18.8. The van der Waals surface area contributed by atoms with Crippen LogP contribution in [0.3, 0.4) is 0 Å². The molecule has 1 aromatic rings. The predicted octanol–water partition coefficient (Wildman–Crippen LogP) is 3.79. The third-order valence-corrected chi connectivity index (χ3v) is 3.18. The smallest absolute Gasteiger partial charge is 0.311 e. The molecular formula is C17H22FNO6. The maximum absolute atomic E-state index is 13.1. The van der Waals surface area contributed by atoms with Crippen LogP contribution >= 0.6 is 0 Å². The average molecular weight is 355 g/mol. The molecule has 0 fully saturated rings. The predicted molar refractivity (Wildman–Crippen MR) is 87.6 cm³/mol. The molecule has 0 unspecified atom stereocenters. The van der Waals surface area contributed by atoms with E-state index in [2.05, 4.69) is 0 Å². The van der Waals surface area contributed by atoms with Crippen LogP contribution in [0.1, 0.15) is 46.0 Å². The largest absolute Gasteiger partial charge is 0.465 e. The van der Waals surface area contributed by atoms with E-state index in [1.807, 2.05) is 13.8 Å². The van der Waals surface area contributed by atoms with Crippen molar-refractivity contribution in [1.29, 1.82) is 0 Å². The quantitative estimate of drug-likeness (QED) is 0.208. The number of nitro groups is 1. The number of rotatable bonds is 10. The Morgan fingerprint density at radius 3 is 2.40 bits per heavy atom. The third kappa shape index (κ3) is 8.23. The molecule has 1 rings (SSSR count). The number of nitro benzene ring substituents is 1. The van der Waals surface area contributed by atoms with Crippen molar-refractivity contribution in [1.82, 2.24) is 0 Å². The maximum atomic E-state index is 13.1. The van der Waals surface area contributed by atoms with Crippen LogP contribution in [0.5, 0.6) is 5.75 Å². The van der Waals surface area contributed by atoms with Gasteiger partial charge < -0.3 is 9.47 Å². The van der Waals surface area contributed by atoms with E-state index in [4.69, 9.17) is 9.47 Å². The van der Waals surface area contributed by atoms with Crippen molar-refractivity contribution in [2.45, 2.75) is 46.0 Å². The van der Waals surface area contributed by atoms with Crippen molar-refractivity contribution in [3.63, 3.8) is 0 Å². The van der Waals surface area contributed by atoms with Gasteiger partial charge in [-0.2, -0.15) is 0 Å². The summed E-state index contributed by atoms with van der Waals surface area (Å²) >= 11 is 0. The highest BCUT2D eigenvalue weighted by molar-refractivity contribution is 5.73. The molecule has 7 nitrogen and oxygen atoms in total. The Labute approximate surface area is 145 Å². The molecule has 0 aromatic heterocycles. The molecule has 0 spiro atoms. The highest BCUT2D eigenvalue weighted by Gasteiger charge is 2.18. The van der Waals surface area contributed by atoms with E-state index in [1.165, 1.54) is 0 Å². The summed E-state index contributed by atoms with van der Waals surface area (Å²) < 4.78 is 23.0. The van der Waals surface area contributed by atoms with Crippen LogP contribution in [0.2, 0.25) is 0 Å². The number of hydrogen-bond acceptors (Lipinski definition) is 6. The van der Waals surface area contributed by atoms with Gasteiger partial charge in [0.1, 0.15) is 5.82 Å². The lowest BCUT2D eigenvalue weighted by Crippen LogP contribution is -2.10. The molecule has 0 bridgehead atoms. The number of halogens is 1. The summed E-state index contributed by atoms with van der Waals surface area (Å²) in [5.41, 5.74) is -0.470. The normalized spacial score (nSPS) is 10.6. The standard InChI is InChI=1S/C17H22FNO6/c1-12(2)11-24-16(20)6-4-3-5-7-17(21)25-15-10-13(18)8-9-14(15)19(22)23/h8-10,12H,3-7,11H2,1-2H3. The second kappa shape index (κ2) is 10.4. The summed E-state index contributed by atoms with van der Waals surface area (Å²) in [4.78, 5) is 33.2. The van der Waals surface area contributed by atoms with Gasteiger partial charge in [-0.3, -0.25) is 19.7 Å². The van der Waals surface area contributed by atoms with E-state index < -0.39 is 28.1 Å². The first kappa shape index (κ1) is 20.5. The molecule has 0 aliphatic heterocycles. The van der Waals surface area contributed by atoms with Crippen molar-refractivity contribution < 1.29 is 28.4 Å². The van der Waals surface area contributed by atoms with E-state index in [-0.39, 0.29) is 24.7 Å². The Morgan fingerprint density at radius 1 is 1.16 bits per heavy atom. The number of carbonyl (C=O) groups is 2. The second-order valence-corrected chi connectivity index (χ2v) is 5.98. The zero-order valence-corrected chi connectivity index (χ0v) is 14.3. The van der Waals surface area contributed by atoms with Gasteiger partial charge in [-0.1, -0.05) is 20.3 Å². The number of esters is 2. The Bertz CT molecular complexity index is 617. The third-order valence-electron chi connectivity index (χ3n) is 3.18. The first-order valence-electron chi connectivity index (χ1n) is 8.10. The number of hydrogen-bond donors (Lipinski definition) is 0. The van der Waals surface area contributed by atoms with Gasteiger partial charge in [0.15, 0.2) is 0 Å². The summed E-state index contributed by atoms with van der Waals surface area (Å²) in [6, 6.07) is 2.68. The molecule has 8 heteroatoms. The fraction of sp³-hybridized carbons (Fsp3) is 0.529. The second-order valence-electron chi connectivity index (χ2n) is 5.98. The molecular weight excluding hydrogens is 333 g/mol. The minimum atomic E-state index is -0.745. The van der Waals surface area contributed by atoms with Crippen LogP contribution in [-0.2, 0) is 14.3 Å². The number of carbonyl (C=O) groups excluding carboxylic acids is 2. The van der Waals surface area contributed by atoms with Gasteiger partial charge >= 0.3 is 17.6 Å². The van der Waals surface area contributed by atoms with E-state index in [0.29, 0.717) is 25.9 Å². The minimum Gasteiger partial charge on any atom is -0.465 e. The van der Waals surface area contributed by atoms with Crippen LogP contribution in [0.4, 0.5) is 10.1 Å². The van der Waals surface area contributed by atoms with Crippen molar-refractivity contribution in [3.8, 4) is 5.75 Å². The zero-order valence-electron chi connectivity index (χ0n) is 14.3. The van der Waals surface area contributed by atoms with Gasteiger partial charge in [-0.25, -0.2) is 4.39 Å². The number of ether oxygens (including phenoxy) is 2. The fourth-order valence-electron chi connectivity index (χ4n) is 1.94. The van der Waals surface area contributed by atoms with Gasteiger partial charge in [0, 0.05) is 25.0 Å². The van der Waals surface area contributed by atoms with E-state index in [0.717, 1.165) is 18.2 Å². The molecule has 0 saturated heterocycles. The number of nitrogens with zero attached hydrogens (tertiary/aromatic N) is 1. The molecule has 25 heavy (non-hydrogen) atoms. The van der Waals surface area contributed by atoms with Gasteiger partial charge in [0.05, 0.1) is 11.5 Å². The first-order valence-corrected chi connectivity index (χ1v) is 8.10. The van der Waals surface area contributed by atoms with E-state index in [9.17, 15) is 24.1 Å². The van der Waals surface area contributed by atoms with Crippen LogP contribution in [0, 0.1) is 21.8 Å². The van der Waals surface area contributed by atoms with Crippen LogP contribution in [0.15, 0.2) is 18.2 Å². The van der Waals surface area contributed by atoms with Crippen molar-refractivity contribution >= 4 is 17.6 Å². The summed E-state index contributed by atoms with van der Waals surface area (Å²) in [7, 11) is 0. The van der Waals surface area contributed by atoms with Crippen LogP contribution < -0.4 is 4.74 Å². The van der Waals surface area contributed by atoms with Gasteiger partial charge in [-0.15, -0.1) is 0 Å². The van der Waals surface area contributed by atoms with Crippen molar-refractivity contribution in [2.24, 2.45) is 5.92 Å². The summed E-state index contributed by atoms with van der Waals surface area (Å²) in [5, 5.41) is 10.8. The Balaban J connectivity index is 2.31. The van der Waals surface area contributed by atoms with Gasteiger partial charge in [-0.05, 0) is 24.8 Å². The molecule has 0 saturated carbocycles. The lowest BCUT2D eigenvalue weighted by atomic mass is 10.1. The minimum absolute atomic E-state index is 0.0225. The lowest BCUT2D eigenvalue weighted by molar-refractivity contribution is -0.385. The van der Waals surface area contributed by atoms with E-state index in [1.54, 1.807) is 0 Å². The first-order chi connectivity index (χ1) is 11.8. The molecule has 0 heterocycles. The topological polar surface area (TPSA) is 95.7 Å².